The summed E-state index contributed by atoms with van der Waals surface area (Å²) in [5, 5.41) is 3.23. The Morgan fingerprint density at radius 1 is 1.00 bits per heavy atom. The van der Waals surface area contributed by atoms with E-state index in [0.717, 1.165) is 28.8 Å². The number of para-hydroxylation sites is 1. The minimum atomic E-state index is -2.40. The molecule has 1 amide bonds. The molecule has 0 aliphatic rings. The van der Waals surface area contributed by atoms with Gasteiger partial charge in [0.2, 0.25) is 5.91 Å². The Morgan fingerprint density at radius 2 is 1.68 bits per heavy atom. The number of nitrogens with one attached hydrogen (secondary N) is 3. The number of methoxy groups -OCH3 is 1. The minimum Gasteiger partial charge on any atom is -0.755 e. The van der Waals surface area contributed by atoms with Crippen molar-refractivity contribution in [2.75, 3.05) is 11.8 Å². The number of imidazole rings is 1. The highest BCUT2D eigenvalue weighted by atomic mass is 32.2. The van der Waals surface area contributed by atoms with E-state index in [2.05, 4.69) is 20.0 Å². The highest BCUT2D eigenvalue weighted by Gasteiger charge is 2.28. The van der Waals surface area contributed by atoms with Crippen molar-refractivity contribution in [3.63, 3.8) is 0 Å². The van der Waals surface area contributed by atoms with Crippen LogP contribution in [-0.2, 0) is 35.3 Å². The van der Waals surface area contributed by atoms with Crippen LogP contribution in [0.2, 0.25) is 0 Å². The summed E-state index contributed by atoms with van der Waals surface area (Å²) in [6.07, 6.45) is 3.54. The molecular formula is C29H31N4O4S-. The van der Waals surface area contributed by atoms with Crippen molar-refractivity contribution in [1.29, 1.82) is 0 Å². The zero-order valence-corrected chi connectivity index (χ0v) is 22.2. The summed E-state index contributed by atoms with van der Waals surface area (Å²) < 4.78 is 29.8. The van der Waals surface area contributed by atoms with Gasteiger partial charge in [0.15, 0.2) is 0 Å². The number of hydrogen-bond acceptors (Lipinski definition) is 5. The molecule has 0 aliphatic carbocycles. The molecule has 0 fully saturated rings. The summed E-state index contributed by atoms with van der Waals surface area (Å²) in [4.78, 5) is 21.8. The highest BCUT2D eigenvalue weighted by Crippen LogP contribution is 2.31. The third-order valence-corrected chi connectivity index (χ3v) is 6.79. The van der Waals surface area contributed by atoms with Crippen LogP contribution in [0.1, 0.15) is 47.1 Å². The minimum absolute atomic E-state index is 0.141. The van der Waals surface area contributed by atoms with Gasteiger partial charge in [-0.3, -0.25) is 9.00 Å². The molecule has 0 spiro atoms. The van der Waals surface area contributed by atoms with Crippen molar-refractivity contribution in [1.82, 2.24) is 15.3 Å². The number of nitrogens with zero attached hydrogens (tertiary/aromatic N) is 1. The molecule has 0 radical (unpaired) electrons. The first-order chi connectivity index (χ1) is 18.5. The lowest BCUT2D eigenvalue weighted by Gasteiger charge is -2.24. The van der Waals surface area contributed by atoms with Gasteiger partial charge in [-0.25, -0.2) is 4.98 Å². The van der Waals surface area contributed by atoms with Crippen LogP contribution in [0.4, 0.5) is 5.69 Å². The molecule has 3 atom stereocenters. The predicted molar refractivity (Wildman–Crippen MR) is 147 cm³/mol. The number of H-pyrrole nitrogens is 1. The molecule has 3 N–H and O–H groups in total. The first-order valence-corrected chi connectivity index (χ1v) is 13.5. The monoisotopic (exact) mass is 531 g/mol. The fraction of sp³-hybridized carbons (Fsp3) is 0.241. The quantitative estimate of drug-likeness (QED) is 0.231. The first kappa shape index (κ1) is 27.1. The molecule has 0 bridgehead atoms. The van der Waals surface area contributed by atoms with Gasteiger partial charge in [-0.2, -0.15) is 0 Å². The molecule has 4 aromatic rings. The maximum atomic E-state index is 14.0. The number of rotatable bonds is 12. The van der Waals surface area contributed by atoms with Crippen molar-refractivity contribution < 1.29 is 18.3 Å². The second-order valence-electron chi connectivity index (χ2n) is 8.93. The van der Waals surface area contributed by atoms with Crippen LogP contribution in [0.3, 0.4) is 0 Å². The summed E-state index contributed by atoms with van der Waals surface area (Å²) >= 11 is -2.40. The van der Waals surface area contributed by atoms with Crippen LogP contribution in [0.15, 0.2) is 85.1 Å². The molecule has 9 heteroatoms. The maximum Gasteiger partial charge on any atom is 0.228 e. The van der Waals surface area contributed by atoms with Gasteiger partial charge in [-0.1, -0.05) is 67.6 Å². The number of benzene rings is 3. The number of aromatic nitrogens is 2. The van der Waals surface area contributed by atoms with Crippen molar-refractivity contribution in [3.8, 4) is 5.75 Å². The lowest BCUT2D eigenvalue weighted by atomic mass is 9.90. The average Bonchev–Trinajstić information content (AvgIpc) is 3.42. The number of ether oxygens (including phenoxy) is 1. The summed E-state index contributed by atoms with van der Waals surface area (Å²) in [6.45, 7) is 2.04. The molecule has 1 heterocycles. The third kappa shape index (κ3) is 7.08. The van der Waals surface area contributed by atoms with Crippen molar-refractivity contribution in [2.24, 2.45) is 0 Å². The molecular weight excluding hydrogens is 500 g/mol. The molecule has 3 aromatic carbocycles. The summed E-state index contributed by atoms with van der Waals surface area (Å²) in [5.74, 6) is 0.690. The topological polar surface area (TPSA) is 119 Å². The Hall–Kier alpha value is -3.95. The lowest BCUT2D eigenvalue weighted by Crippen LogP contribution is -2.35. The van der Waals surface area contributed by atoms with E-state index >= 15 is 0 Å². The van der Waals surface area contributed by atoms with Crippen molar-refractivity contribution in [2.45, 2.75) is 38.1 Å². The molecule has 0 saturated carbocycles. The van der Waals surface area contributed by atoms with Crippen molar-refractivity contribution in [3.05, 3.63) is 113 Å². The van der Waals surface area contributed by atoms with Crippen LogP contribution in [0, 0.1) is 0 Å². The molecule has 8 nitrogen and oxygen atoms in total. The van der Waals surface area contributed by atoms with Crippen LogP contribution in [0.5, 0.6) is 5.75 Å². The highest BCUT2D eigenvalue weighted by molar-refractivity contribution is 7.80. The van der Waals surface area contributed by atoms with E-state index < -0.39 is 23.2 Å². The van der Waals surface area contributed by atoms with Gasteiger partial charge in [0.05, 0.1) is 19.1 Å². The number of anilines is 1. The van der Waals surface area contributed by atoms with E-state index in [1.54, 1.807) is 25.4 Å². The Bertz CT molecular complexity index is 1360. The van der Waals surface area contributed by atoms with Gasteiger partial charge in [0.25, 0.3) is 0 Å². The summed E-state index contributed by atoms with van der Waals surface area (Å²) in [5.41, 5.74) is 4.21. The number of hydrogen-bond donors (Lipinski definition) is 3. The van der Waals surface area contributed by atoms with E-state index in [1.807, 2.05) is 73.7 Å². The Labute approximate surface area is 225 Å². The number of aryl methyl sites for hydroxylation is 1. The Balaban J connectivity index is 1.64. The van der Waals surface area contributed by atoms with Crippen LogP contribution < -0.4 is 14.8 Å². The predicted octanol–water partition coefficient (Wildman–Crippen LogP) is 4.61. The van der Waals surface area contributed by atoms with E-state index in [0.29, 0.717) is 30.1 Å². The van der Waals surface area contributed by atoms with Crippen molar-refractivity contribution >= 4 is 22.9 Å². The summed E-state index contributed by atoms with van der Waals surface area (Å²) in [7, 11) is 1.61. The average molecular weight is 532 g/mol. The maximum absolute atomic E-state index is 14.0. The van der Waals surface area contributed by atoms with Crippen LogP contribution in [0.25, 0.3) is 0 Å². The van der Waals surface area contributed by atoms with Gasteiger partial charge in [0, 0.05) is 34.4 Å². The van der Waals surface area contributed by atoms with Crippen LogP contribution in [-0.4, -0.2) is 31.7 Å². The zero-order chi connectivity index (χ0) is 26.9. The summed E-state index contributed by atoms with van der Waals surface area (Å²) in [6, 6.07) is 24.1. The first-order valence-electron chi connectivity index (χ1n) is 12.4. The SMILES string of the molecule is CCc1cnc([C@H](Cc2ccc(NS(=O)[O-])cc2)NC(=O)C(Cc2ccccc2)c2ccccc2OC)[nH]1. The van der Waals surface area contributed by atoms with Gasteiger partial charge in [0.1, 0.15) is 11.6 Å². The van der Waals surface area contributed by atoms with Crippen LogP contribution >= 0.6 is 0 Å². The second-order valence-corrected chi connectivity index (χ2v) is 9.60. The van der Waals surface area contributed by atoms with E-state index in [4.69, 9.17) is 4.74 Å². The van der Waals surface area contributed by atoms with E-state index in [1.165, 1.54) is 0 Å². The molecule has 4 rings (SSSR count). The number of aromatic amines is 1. The van der Waals surface area contributed by atoms with Gasteiger partial charge in [-0.15, -0.1) is 0 Å². The van der Waals surface area contributed by atoms with Gasteiger partial charge >= 0.3 is 0 Å². The van der Waals surface area contributed by atoms with E-state index in [9.17, 15) is 13.6 Å². The molecule has 38 heavy (non-hydrogen) atoms. The largest absolute Gasteiger partial charge is 0.755 e. The third-order valence-electron chi connectivity index (χ3n) is 6.38. The Morgan fingerprint density at radius 3 is 2.34 bits per heavy atom. The normalized spacial score (nSPS) is 13.3. The van der Waals surface area contributed by atoms with E-state index in [-0.39, 0.29) is 5.91 Å². The molecule has 198 valence electrons. The lowest BCUT2D eigenvalue weighted by molar-refractivity contribution is -0.123. The van der Waals surface area contributed by atoms with Gasteiger partial charge < -0.3 is 24.3 Å². The smallest absolute Gasteiger partial charge is 0.228 e. The van der Waals surface area contributed by atoms with Gasteiger partial charge in [-0.05, 0) is 48.6 Å². The number of amides is 1. The fourth-order valence-corrected chi connectivity index (χ4v) is 4.74. The Kier molecular flexibility index (Phi) is 9.29. The standard InChI is InChI=1S/C29H32N4O4S/c1-3-22-19-30-28(31-22)26(18-21-13-15-23(16-14-21)33-38(35)36)32-29(34)25(17-20-9-5-4-6-10-20)24-11-7-8-12-27(24)37-2/h4-16,19,25-26,33H,3,17-18H2,1-2H3,(H,30,31)(H,32,34)(H,35,36)/p-1/t25?,26-/m0/s1. The molecule has 0 aliphatic heterocycles. The molecule has 1 aromatic heterocycles. The fourth-order valence-electron chi connectivity index (χ4n) is 4.41. The number of carbonyl (C=O) groups excluding carboxylic acids is 1. The molecule has 2 unspecified atom stereocenters. The molecule has 0 saturated heterocycles. The number of carbonyl (C=O) groups is 1. The zero-order valence-electron chi connectivity index (χ0n) is 21.3. The second kappa shape index (κ2) is 13.0.